The normalized spacial score (nSPS) is 8.62. The predicted octanol–water partition coefficient (Wildman–Crippen LogP) is 3.14. The topological polar surface area (TPSA) is 34.1 Å². The van der Waals surface area contributed by atoms with Crippen LogP contribution in [0.3, 0.4) is 0 Å². The summed E-state index contributed by atoms with van der Waals surface area (Å²) in [6.07, 6.45) is 4.19. The van der Waals surface area contributed by atoms with E-state index in [9.17, 15) is 9.59 Å². The fraction of sp³-hybridized carbons (Fsp3) is 0.818. The van der Waals surface area contributed by atoms with Crippen molar-refractivity contribution < 1.29 is 9.59 Å². The molecule has 2 heteroatoms. The van der Waals surface area contributed by atoms with E-state index >= 15 is 0 Å². The number of Topliss-reactive ketones (excluding diaryl/α,β-unsaturated/α-hetero) is 2. The van der Waals surface area contributed by atoms with Gasteiger partial charge in [-0.05, 0) is 26.7 Å². The van der Waals surface area contributed by atoms with Crippen LogP contribution in [0.4, 0.5) is 0 Å². The minimum Gasteiger partial charge on any atom is -0.300 e. The van der Waals surface area contributed by atoms with Crippen molar-refractivity contribution in [2.75, 3.05) is 0 Å². The Balaban J connectivity index is 0. The van der Waals surface area contributed by atoms with Crippen LogP contribution in [-0.2, 0) is 9.59 Å². The van der Waals surface area contributed by atoms with Gasteiger partial charge in [0.15, 0.2) is 0 Å². The number of ketones is 2. The summed E-state index contributed by atoms with van der Waals surface area (Å²) in [6, 6.07) is 0. The first-order chi connectivity index (χ1) is 6.13. The molecule has 0 unspecified atom stereocenters. The van der Waals surface area contributed by atoms with Crippen molar-refractivity contribution in [1.82, 2.24) is 0 Å². The minimum atomic E-state index is 0.243. The van der Waals surface area contributed by atoms with Crippen molar-refractivity contribution in [3.63, 3.8) is 0 Å². The first kappa shape index (κ1) is 14.8. The summed E-state index contributed by atoms with van der Waals surface area (Å²) in [7, 11) is 0. The molecule has 0 amide bonds. The minimum absolute atomic E-state index is 0.243. The molecule has 0 aromatic carbocycles. The molecule has 13 heavy (non-hydrogen) atoms. The molecule has 0 saturated heterocycles. The molecule has 2 nitrogen and oxygen atoms in total. The van der Waals surface area contributed by atoms with Crippen LogP contribution in [0.15, 0.2) is 0 Å². The smallest absolute Gasteiger partial charge is 0.129 e. The molecule has 0 aromatic heterocycles. The van der Waals surface area contributed by atoms with Crippen molar-refractivity contribution in [1.29, 1.82) is 0 Å². The van der Waals surface area contributed by atoms with E-state index in [4.69, 9.17) is 0 Å². The maximum atomic E-state index is 10.5. The molecule has 0 fully saturated rings. The van der Waals surface area contributed by atoms with Crippen molar-refractivity contribution in [3.05, 3.63) is 0 Å². The summed E-state index contributed by atoms with van der Waals surface area (Å²) in [6.45, 7) is 7.20. The highest BCUT2D eigenvalue weighted by Crippen LogP contribution is 2.03. The zero-order valence-corrected chi connectivity index (χ0v) is 9.35. The standard InChI is InChI=1S/C9H16O2.C2H6/c1-8(10)6-4-3-5-7-9(2)11;1-2/h3-7H2,1-2H3;1-2H3. The van der Waals surface area contributed by atoms with Crippen LogP contribution in [0, 0.1) is 0 Å². The Kier molecular flexibility index (Phi) is 12.9. The van der Waals surface area contributed by atoms with E-state index in [-0.39, 0.29) is 11.6 Å². The summed E-state index contributed by atoms with van der Waals surface area (Å²) in [5.74, 6) is 0.487. The molecular weight excluding hydrogens is 164 g/mol. The monoisotopic (exact) mass is 186 g/mol. The molecule has 0 aliphatic heterocycles. The molecule has 0 heterocycles. The van der Waals surface area contributed by atoms with E-state index in [1.54, 1.807) is 13.8 Å². The second kappa shape index (κ2) is 11.3. The zero-order chi connectivity index (χ0) is 10.7. The lowest BCUT2D eigenvalue weighted by molar-refractivity contribution is -0.117. The second-order valence-electron chi connectivity index (χ2n) is 2.96. The van der Waals surface area contributed by atoms with Gasteiger partial charge in [0, 0.05) is 12.8 Å². The van der Waals surface area contributed by atoms with Crippen molar-refractivity contribution in [2.45, 2.75) is 59.8 Å². The fourth-order valence-corrected chi connectivity index (χ4v) is 0.925. The lowest BCUT2D eigenvalue weighted by Gasteiger charge is -1.95. The summed E-state index contributed by atoms with van der Waals surface area (Å²) in [5.41, 5.74) is 0. The van der Waals surface area contributed by atoms with Gasteiger partial charge in [-0.3, -0.25) is 0 Å². The van der Waals surface area contributed by atoms with Crippen LogP contribution in [0.1, 0.15) is 59.8 Å². The van der Waals surface area contributed by atoms with Gasteiger partial charge in [0.25, 0.3) is 0 Å². The Labute approximate surface area is 81.7 Å². The predicted molar refractivity (Wildman–Crippen MR) is 55.8 cm³/mol. The Morgan fingerprint density at radius 2 is 1.08 bits per heavy atom. The van der Waals surface area contributed by atoms with Crippen molar-refractivity contribution >= 4 is 11.6 Å². The number of hydrogen-bond donors (Lipinski definition) is 0. The van der Waals surface area contributed by atoms with Gasteiger partial charge in [-0.1, -0.05) is 20.3 Å². The molecule has 0 bridgehead atoms. The van der Waals surface area contributed by atoms with Crippen LogP contribution in [-0.4, -0.2) is 11.6 Å². The number of carbonyl (C=O) groups is 2. The van der Waals surface area contributed by atoms with Gasteiger partial charge in [0.05, 0.1) is 0 Å². The van der Waals surface area contributed by atoms with Crippen LogP contribution < -0.4 is 0 Å². The fourth-order valence-electron chi connectivity index (χ4n) is 0.925. The Hall–Kier alpha value is -0.660. The maximum Gasteiger partial charge on any atom is 0.129 e. The van der Waals surface area contributed by atoms with Gasteiger partial charge >= 0.3 is 0 Å². The number of carbonyl (C=O) groups excluding carboxylic acids is 2. The average molecular weight is 186 g/mol. The molecule has 78 valence electrons. The number of unbranched alkanes of at least 4 members (excludes halogenated alkanes) is 2. The van der Waals surface area contributed by atoms with E-state index in [1.807, 2.05) is 13.8 Å². The largest absolute Gasteiger partial charge is 0.300 e. The van der Waals surface area contributed by atoms with Gasteiger partial charge in [-0.15, -0.1) is 0 Å². The van der Waals surface area contributed by atoms with Crippen LogP contribution in [0.2, 0.25) is 0 Å². The second-order valence-corrected chi connectivity index (χ2v) is 2.96. The van der Waals surface area contributed by atoms with Crippen molar-refractivity contribution in [3.8, 4) is 0 Å². The van der Waals surface area contributed by atoms with Gasteiger partial charge in [-0.25, -0.2) is 0 Å². The van der Waals surface area contributed by atoms with Crippen LogP contribution in [0.5, 0.6) is 0 Å². The molecule has 0 radical (unpaired) electrons. The van der Waals surface area contributed by atoms with E-state index < -0.39 is 0 Å². The summed E-state index contributed by atoms with van der Waals surface area (Å²) in [5, 5.41) is 0. The number of rotatable bonds is 6. The molecule has 0 aliphatic rings. The van der Waals surface area contributed by atoms with E-state index in [0.29, 0.717) is 12.8 Å². The Morgan fingerprint density at radius 1 is 0.769 bits per heavy atom. The molecule has 0 spiro atoms. The first-order valence-corrected chi connectivity index (χ1v) is 5.12. The quantitative estimate of drug-likeness (QED) is 0.597. The third-order valence-electron chi connectivity index (χ3n) is 1.56. The SMILES string of the molecule is CC.CC(=O)CCCCCC(C)=O. The number of hydrogen-bond acceptors (Lipinski definition) is 2. The van der Waals surface area contributed by atoms with E-state index in [2.05, 4.69) is 0 Å². The molecule has 0 N–H and O–H groups in total. The molecular formula is C11H22O2. The van der Waals surface area contributed by atoms with E-state index in [1.165, 1.54) is 0 Å². The molecule has 0 rings (SSSR count). The van der Waals surface area contributed by atoms with Gasteiger partial charge in [0.2, 0.25) is 0 Å². The van der Waals surface area contributed by atoms with Crippen molar-refractivity contribution in [2.24, 2.45) is 0 Å². The highest BCUT2D eigenvalue weighted by Gasteiger charge is 1.95. The van der Waals surface area contributed by atoms with Gasteiger partial charge < -0.3 is 9.59 Å². The summed E-state index contributed by atoms with van der Waals surface area (Å²) >= 11 is 0. The highest BCUT2D eigenvalue weighted by atomic mass is 16.1. The average Bonchev–Trinajstić information content (AvgIpc) is 2.06. The molecule has 0 aromatic rings. The van der Waals surface area contributed by atoms with Gasteiger partial charge in [0.1, 0.15) is 11.6 Å². The summed E-state index contributed by atoms with van der Waals surface area (Å²) in [4.78, 5) is 20.9. The Bertz CT molecular complexity index is 123. The molecule has 0 saturated carbocycles. The molecule has 0 atom stereocenters. The van der Waals surface area contributed by atoms with Crippen LogP contribution in [0.25, 0.3) is 0 Å². The van der Waals surface area contributed by atoms with Gasteiger partial charge in [-0.2, -0.15) is 0 Å². The molecule has 0 aliphatic carbocycles. The Morgan fingerprint density at radius 3 is 1.31 bits per heavy atom. The third kappa shape index (κ3) is 18.4. The van der Waals surface area contributed by atoms with Crippen LogP contribution >= 0.6 is 0 Å². The lowest BCUT2D eigenvalue weighted by atomic mass is 10.1. The zero-order valence-electron chi connectivity index (χ0n) is 9.35. The van der Waals surface area contributed by atoms with E-state index in [0.717, 1.165) is 19.3 Å². The third-order valence-corrected chi connectivity index (χ3v) is 1.56. The first-order valence-electron chi connectivity index (χ1n) is 5.12. The maximum absolute atomic E-state index is 10.5. The lowest BCUT2D eigenvalue weighted by Crippen LogP contribution is -1.92. The highest BCUT2D eigenvalue weighted by molar-refractivity contribution is 5.75. The summed E-state index contributed by atoms with van der Waals surface area (Å²) < 4.78 is 0.